The fourth-order valence-corrected chi connectivity index (χ4v) is 2.00. The van der Waals surface area contributed by atoms with E-state index in [0.717, 1.165) is 11.3 Å². The summed E-state index contributed by atoms with van der Waals surface area (Å²) in [7, 11) is 1.26. The minimum Gasteiger partial charge on any atom is -0.469 e. The molecule has 0 heterocycles. The molecule has 0 aliphatic rings. The first kappa shape index (κ1) is 14.6. The molecule has 1 aromatic rings. The number of ether oxygens (including phenoxy) is 1. The molecule has 98 valence electrons. The molecule has 0 aliphatic heterocycles. The molecule has 1 aromatic carbocycles. The van der Waals surface area contributed by atoms with Crippen LogP contribution in [0.25, 0.3) is 0 Å². The molecule has 0 aliphatic carbocycles. The molecule has 18 heavy (non-hydrogen) atoms. The van der Waals surface area contributed by atoms with Gasteiger partial charge in [0.25, 0.3) is 0 Å². The van der Waals surface area contributed by atoms with Gasteiger partial charge >= 0.3 is 5.97 Å². The van der Waals surface area contributed by atoms with Gasteiger partial charge in [-0.3, -0.25) is 9.59 Å². The van der Waals surface area contributed by atoms with Gasteiger partial charge in [0.1, 0.15) is 6.42 Å². The van der Waals surface area contributed by atoms with Crippen LogP contribution in [0.3, 0.4) is 0 Å². The lowest BCUT2D eigenvalue weighted by molar-refractivity contribution is -0.143. The Morgan fingerprint density at radius 1 is 1.28 bits per heavy atom. The molecule has 4 nitrogen and oxygen atoms in total. The van der Waals surface area contributed by atoms with E-state index in [2.05, 4.69) is 17.0 Å². The first-order chi connectivity index (χ1) is 8.65. The zero-order chi connectivity index (χ0) is 13.4. The van der Waals surface area contributed by atoms with E-state index in [1.807, 2.05) is 24.3 Å². The number of rotatable bonds is 6. The summed E-state index contributed by atoms with van der Waals surface area (Å²) < 4.78 is 4.41. The number of hydrogen-bond donors (Lipinski definition) is 1. The number of hydrogen-bond acceptors (Lipinski definition) is 4. The molecular weight excluding hydrogens is 250 g/mol. The number of carbonyl (C=O) groups excluding carboxylic acids is 2. The summed E-state index contributed by atoms with van der Waals surface area (Å²) in [5, 5.41) is 2.67. The van der Waals surface area contributed by atoms with E-state index in [1.165, 1.54) is 12.0 Å². The number of amides is 1. The molecule has 0 radical (unpaired) electrons. The van der Waals surface area contributed by atoms with Gasteiger partial charge in [-0.1, -0.05) is 19.1 Å². The Kier molecular flexibility index (Phi) is 6.28. The molecule has 0 saturated carbocycles. The third kappa shape index (κ3) is 5.23. The predicted molar refractivity (Wildman–Crippen MR) is 71.3 cm³/mol. The molecular formula is C13H17NO3S. The van der Waals surface area contributed by atoms with Crippen molar-refractivity contribution in [2.75, 3.05) is 12.9 Å². The highest BCUT2D eigenvalue weighted by atomic mass is 32.2. The van der Waals surface area contributed by atoms with Gasteiger partial charge in [-0.05, 0) is 23.4 Å². The van der Waals surface area contributed by atoms with E-state index in [4.69, 9.17) is 0 Å². The summed E-state index contributed by atoms with van der Waals surface area (Å²) in [6, 6.07) is 7.98. The third-order valence-corrected chi connectivity index (χ3v) is 3.15. The monoisotopic (exact) mass is 267 g/mol. The lowest BCUT2D eigenvalue weighted by atomic mass is 10.2. The highest BCUT2D eigenvalue weighted by molar-refractivity contribution is 7.99. The molecule has 1 rings (SSSR count). The molecule has 0 unspecified atom stereocenters. The van der Waals surface area contributed by atoms with Crippen molar-refractivity contribution in [2.45, 2.75) is 24.8 Å². The average Bonchev–Trinajstić information content (AvgIpc) is 2.38. The molecule has 1 amide bonds. The minimum absolute atomic E-state index is 0.236. The van der Waals surface area contributed by atoms with Crippen LogP contribution in [0.2, 0.25) is 0 Å². The van der Waals surface area contributed by atoms with E-state index in [9.17, 15) is 9.59 Å². The van der Waals surface area contributed by atoms with Gasteiger partial charge in [0.05, 0.1) is 7.11 Å². The zero-order valence-corrected chi connectivity index (χ0v) is 11.4. The standard InChI is InChI=1S/C13H17NO3S/c1-3-18-11-6-4-10(5-7-11)9-14-12(15)8-13(16)17-2/h4-7H,3,8-9H2,1-2H3,(H,14,15). The van der Waals surface area contributed by atoms with Crippen LogP contribution in [0.15, 0.2) is 29.2 Å². The summed E-state index contributed by atoms with van der Waals surface area (Å²) in [5.74, 6) is 0.186. The van der Waals surface area contributed by atoms with Gasteiger partial charge in [-0.15, -0.1) is 11.8 Å². The van der Waals surface area contributed by atoms with Gasteiger partial charge in [-0.25, -0.2) is 0 Å². The van der Waals surface area contributed by atoms with Crippen LogP contribution in [0.5, 0.6) is 0 Å². The Bertz CT molecular complexity index is 403. The van der Waals surface area contributed by atoms with E-state index >= 15 is 0 Å². The number of esters is 1. The summed E-state index contributed by atoms with van der Waals surface area (Å²) in [6.07, 6.45) is -0.236. The fourth-order valence-electron chi connectivity index (χ4n) is 1.34. The highest BCUT2D eigenvalue weighted by Crippen LogP contribution is 2.17. The Morgan fingerprint density at radius 2 is 1.94 bits per heavy atom. The maximum atomic E-state index is 11.3. The molecule has 0 aromatic heterocycles. The van der Waals surface area contributed by atoms with Crippen molar-refractivity contribution in [3.8, 4) is 0 Å². The van der Waals surface area contributed by atoms with Gasteiger partial charge in [0.15, 0.2) is 0 Å². The summed E-state index contributed by atoms with van der Waals surface area (Å²) in [6.45, 7) is 2.53. The number of thioether (sulfide) groups is 1. The summed E-state index contributed by atoms with van der Waals surface area (Å²) in [4.78, 5) is 23.4. The third-order valence-electron chi connectivity index (χ3n) is 2.26. The molecule has 0 spiro atoms. The van der Waals surface area contributed by atoms with Gasteiger partial charge in [0.2, 0.25) is 5.91 Å². The van der Waals surface area contributed by atoms with E-state index in [0.29, 0.717) is 6.54 Å². The highest BCUT2D eigenvalue weighted by Gasteiger charge is 2.08. The van der Waals surface area contributed by atoms with Crippen LogP contribution in [0, 0.1) is 0 Å². The van der Waals surface area contributed by atoms with E-state index in [1.54, 1.807) is 11.8 Å². The molecule has 0 saturated heterocycles. The lowest BCUT2D eigenvalue weighted by Crippen LogP contribution is -2.25. The molecule has 1 N–H and O–H groups in total. The summed E-state index contributed by atoms with van der Waals surface area (Å²) in [5.41, 5.74) is 1.01. The first-order valence-corrected chi connectivity index (χ1v) is 6.69. The van der Waals surface area contributed by atoms with Gasteiger partial charge in [-0.2, -0.15) is 0 Å². The van der Waals surface area contributed by atoms with Gasteiger partial charge in [0, 0.05) is 11.4 Å². The van der Waals surface area contributed by atoms with Crippen LogP contribution in [0.1, 0.15) is 18.9 Å². The molecule has 5 heteroatoms. The molecule has 0 atom stereocenters. The van der Waals surface area contributed by atoms with Crippen LogP contribution in [0.4, 0.5) is 0 Å². The number of methoxy groups -OCH3 is 1. The van der Waals surface area contributed by atoms with Crippen LogP contribution >= 0.6 is 11.8 Å². The Balaban J connectivity index is 2.39. The summed E-state index contributed by atoms with van der Waals surface area (Å²) >= 11 is 1.77. The lowest BCUT2D eigenvalue weighted by Gasteiger charge is -2.05. The van der Waals surface area contributed by atoms with Crippen molar-refractivity contribution in [2.24, 2.45) is 0 Å². The van der Waals surface area contributed by atoms with E-state index < -0.39 is 5.97 Å². The second kappa shape index (κ2) is 7.76. The van der Waals surface area contributed by atoms with Gasteiger partial charge < -0.3 is 10.1 Å². The average molecular weight is 267 g/mol. The smallest absolute Gasteiger partial charge is 0.315 e. The topological polar surface area (TPSA) is 55.4 Å². The molecule has 0 bridgehead atoms. The van der Waals surface area contributed by atoms with Crippen molar-refractivity contribution < 1.29 is 14.3 Å². The first-order valence-electron chi connectivity index (χ1n) is 5.71. The van der Waals surface area contributed by atoms with Crippen molar-refractivity contribution in [3.63, 3.8) is 0 Å². The Hall–Kier alpha value is -1.49. The Labute approximate surface area is 111 Å². The fraction of sp³-hybridized carbons (Fsp3) is 0.385. The van der Waals surface area contributed by atoms with Crippen LogP contribution in [-0.2, 0) is 20.9 Å². The van der Waals surface area contributed by atoms with Crippen molar-refractivity contribution in [3.05, 3.63) is 29.8 Å². The normalized spacial score (nSPS) is 9.89. The van der Waals surface area contributed by atoms with Crippen molar-refractivity contribution in [1.82, 2.24) is 5.32 Å². The van der Waals surface area contributed by atoms with E-state index in [-0.39, 0.29) is 12.3 Å². The zero-order valence-electron chi connectivity index (χ0n) is 10.6. The number of carbonyl (C=O) groups is 2. The number of benzene rings is 1. The quantitative estimate of drug-likeness (QED) is 0.486. The predicted octanol–water partition coefficient (Wildman–Crippen LogP) is 1.98. The second-order valence-electron chi connectivity index (χ2n) is 3.61. The maximum Gasteiger partial charge on any atom is 0.315 e. The Morgan fingerprint density at radius 3 is 2.50 bits per heavy atom. The SMILES string of the molecule is CCSc1ccc(CNC(=O)CC(=O)OC)cc1. The second-order valence-corrected chi connectivity index (χ2v) is 4.94. The van der Waals surface area contributed by atoms with Crippen LogP contribution in [-0.4, -0.2) is 24.7 Å². The minimum atomic E-state index is -0.526. The van der Waals surface area contributed by atoms with Crippen molar-refractivity contribution >= 4 is 23.6 Å². The van der Waals surface area contributed by atoms with Crippen molar-refractivity contribution in [1.29, 1.82) is 0 Å². The molecule has 0 fully saturated rings. The number of nitrogens with one attached hydrogen (secondary N) is 1. The maximum absolute atomic E-state index is 11.3. The largest absolute Gasteiger partial charge is 0.469 e. The van der Waals surface area contributed by atoms with Crippen LogP contribution < -0.4 is 5.32 Å².